The van der Waals surface area contributed by atoms with Crippen LogP contribution in [-0.4, -0.2) is 25.9 Å². The SMILES string of the molecule is Cn1nccc1C=CC(=O)NCc1ccn[nH]1. The molecule has 0 bridgehead atoms. The van der Waals surface area contributed by atoms with E-state index in [0.717, 1.165) is 11.4 Å². The van der Waals surface area contributed by atoms with Gasteiger partial charge in [-0.1, -0.05) is 0 Å². The van der Waals surface area contributed by atoms with Crippen LogP contribution in [0, 0.1) is 0 Å². The second kappa shape index (κ2) is 5.11. The van der Waals surface area contributed by atoms with Crippen molar-refractivity contribution < 1.29 is 4.79 Å². The van der Waals surface area contributed by atoms with E-state index in [0.29, 0.717) is 6.54 Å². The van der Waals surface area contributed by atoms with Gasteiger partial charge in [-0.15, -0.1) is 0 Å². The van der Waals surface area contributed by atoms with Gasteiger partial charge in [0.1, 0.15) is 0 Å². The number of aryl methyl sites for hydroxylation is 1. The first-order valence-corrected chi connectivity index (χ1v) is 5.18. The summed E-state index contributed by atoms with van der Waals surface area (Å²) in [5.74, 6) is -0.152. The van der Waals surface area contributed by atoms with Crippen LogP contribution in [0.1, 0.15) is 11.4 Å². The Bertz CT molecular complexity index is 512. The number of hydrogen-bond donors (Lipinski definition) is 2. The molecule has 0 saturated heterocycles. The molecule has 2 rings (SSSR count). The van der Waals surface area contributed by atoms with Crippen molar-refractivity contribution in [3.8, 4) is 0 Å². The molecule has 17 heavy (non-hydrogen) atoms. The highest BCUT2D eigenvalue weighted by molar-refractivity contribution is 5.91. The molecule has 2 aromatic heterocycles. The van der Waals surface area contributed by atoms with Gasteiger partial charge < -0.3 is 5.32 Å². The number of carbonyl (C=O) groups excluding carboxylic acids is 1. The first-order chi connectivity index (χ1) is 8.25. The maximum absolute atomic E-state index is 11.5. The molecule has 0 aliphatic carbocycles. The van der Waals surface area contributed by atoms with Gasteiger partial charge in [-0.2, -0.15) is 10.2 Å². The summed E-state index contributed by atoms with van der Waals surface area (Å²) < 4.78 is 1.69. The quantitative estimate of drug-likeness (QED) is 0.751. The van der Waals surface area contributed by atoms with Crippen molar-refractivity contribution in [1.82, 2.24) is 25.3 Å². The highest BCUT2D eigenvalue weighted by Gasteiger charge is 1.98. The molecule has 88 valence electrons. The molecule has 0 unspecified atom stereocenters. The van der Waals surface area contributed by atoms with E-state index >= 15 is 0 Å². The highest BCUT2D eigenvalue weighted by Crippen LogP contribution is 1.98. The van der Waals surface area contributed by atoms with Gasteiger partial charge in [0.05, 0.1) is 17.9 Å². The fraction of sp³-hybridized carbons (Fsp3) is 0.182. The van der Waals surface area contributed by atoms with Gasteiger partial charge in [-0.3, -0.25) is 14.6 Å². The fourth-order valence-electron chi connectivity index (χ4n) is 1.33. The van der Waals surface area contributed by atoms with E-state index in [1.165, 1.54) is 6.08 Å². The number of aromatic nitrogens is 4. The van der Waals surface area contributed by atoms with E-state index in [4.69, 9.17) is 0 Å². The Labute approximate surface area is 98.3 Å². The molecular weight excluding hydrogens is 218 g/mol. The van der Waals surface area contributed by atoms with Crippen LogP contribution in [0.3, 0.4) is 0 Å². The molecule has 0 aliphatic rings. The van der Waals surface area contributed by atoms with Crippen LogP contribution < -0.4 is 5.32 Å². The van der Waals surface area contributed by atoms with Crippen LogP contribution in [0.5, 0.6) is 0 Å². The van der Waals surface area contributed by atoms with Gasteiger partial charge in [-0.05, 0) is 18.2 Å². The predicted octanol–water partition coefficient (Wildman–Crippen LogP) is 0.473. The molecule has 0 fully saturated rings. The highest BCUT2D eigenvalue weighted by atomic mass is 16.1. The predicted molar refractivity (Wildman–Crippen MR) is 62.7 cm³/mol. The van der Waals surface area contributed by atoms with Crippen molar-refractivity contribution in [2.45, 2.75) is 6.54 Å². The third kappa shape index (κ3) is 3.04. The zero-order valence-electron chi connectivity index (χ0n) is 9.42. The number of amides is 1. The summed E-state index contributed by atoms with van der Waals surface area (Å²) in [5.41, 5.74) is 1.74. The van der Waals surface area contributed by atoms with Crippen LogP contribution >= 0.6 is 0 Å². The van der Waals surface area contributed by atoms with Crippen LogP contribution in [-0.2, 0) is 18.4 Å². The monoisotopic (exact) mass is 231 g/mol. The molecule has 2 heterocycles. The molecule has 6 heteroatoms. The summed E-state index contributed by atoms with van der Waals surface area (Å²) in [6.45, 7) is 0.439. The van der Waals surface area contributed by atoms with Crippen molar-refractivity contribution in [3.05, 3.63) is 42.0 Å². The molecule has 2 aromatic rings. The Morgan fingerprint density at radius 3 is 3.06 bits per heavy atom. The molecule has 0 aliphatic heterocycles. The number of carbonyl (C=O) groups is 1. The van der Waals surface area contributed by atoms with E-state index in [1.807, 2.05) is 19.2 Å². The van der Waals surface area contributed by atoms with Gasteiger partial charge >= 0.3 is 0 Å². The first kappa shape index (κ1) is 11.1. The summed E-state index contributed by atoms with van der Waals surface area (Å²) in [7, 11) is 1.82. The van der Waals surface area contributed by atoms with Crippen molar-refractivity contribution in [2.24, 2.45) is 7.05 Å². The molecule has 6 nitrogen and oxygen atoms in total. The summed E-state index contributed by atoms with van der Waals surface area (Å²) >= 11 is 0. The lowest BCUT2D eigenvalue weighted by Crippen LogP contribution is -2.20. The van der Waals surface area contributed by atoms with E-state index < -0.39 is 0 Å². The number of nitrogens with zero attached hydrogens (tertiary/aromatic N) is 3. The lowest BCUT2D eigenvalue weighted by Gasteiger charge is -1.98. The van der Waals surface area contributed by atoms with Crippen LogP contribution in [0.4, 0.5) is 0 Å². The van der Waals surface area contributed by atoms with Crippen molar-refractivity contribution >= 4 is 12.0 Å². The minimum atomic E-state index is -0.152. The average molecular weight is 231 g/mol. The summed E-state index contributed by atoms with van der Waals surface area (Å²) in [6, 6.07) is 3.64. The Balaban J connectivity index is 1.85. The summed E-state index contributed by atoms with van der Waals surface area (Å²) in [6.07, 6.45) is 6.53. The largest absolute Gasteiger partial charge is 0.347 e. The van der Waals surface area contributed by atoms with Crippen LogP contribution in [0.15, 0.2) is 30.6 Å². The standard InChI is InChI=1S/C11H13N5O/c1-16-10(5-7-14-16)2-3-11(17)12-8-9-4-6-13-15-9/h2-7H,8H2,1H3,(H,12,17)(H,13,15). The fourth-order valence-corrected chi connectivity index (χ4v) is 1.33. The number of nitrogens with one attached hydrogen (secondary N) is 2. The van der Waals surface area contributed by atoms with E-state index in [9.17, 15) is 4.79 Å². The topological polar surface area (TPSA) is 75.6 Å². The van der Waals surface area contributed by atoms with Gasteiger partial charge in [0.2, 0.25) is 5.91 Å². The van der Waals surface area contributed by atoms with E-state index in [1.54, 1.807) is 23.2 Å². The van der Waals surface area contributed by atoms with Gasteiger partial charge in [0.15, 0.2) is 0 Å². The Hall–Kier alpha value is -2.37. The van der Waals surface area contributed by atoms with E-state index in [-0.39, 0.29) is 5.91 Å². The number of rotatable bonds is 4. The van der Waals surface area contributed by atoms with Crippen molar-refractivity contribution in [2.75, 3.05) is 0 Å². The first-order valence-electron chi connectivity index (χ1n) is 5.18. The lowest BCUT2D eigenvalue weighted by molar-refractivity contribution is -0.116. The molecule has 0 radical (unpaired) electrons. The molecule has 0 saturated carbocycles. The van der Waals surface area contributed by atoms with Crippen molar-refractivity contribution in [3.63, 3.8) is 0 Å². The minimum absolute atomic E-state index is 0.152. The normalized spacial score (nSPS) is 10.9. The van der Waals surface area contributed by atoms with Crippen LogP contribution in [0.2, 0.25) is 0 Å². The summed E-state index contributed by atoms with van der Waals surface area (Å²) in [4.78, 5) is 11.5. The number of aromatic amines is 1. The van der Waals surface area contributed by atoms with Crippen LogP contribution in [0.25, 0.3) is 6.08 Å². The molecule has 2 N–H and O–H groups in total. The lowest BCUT2D eigenvalue weighted by atomic mass is 10.3. The molecule has 0 aromatic carbocycles. The molecule has 0 spiro atoms. The smallest absolute Gasteiger partial charge is 0.244 e. The Kier molecular flexibility index (Phi) is 3.34. The Morgan fingerprint density at radius 2 is 2.41 bits per heavy atom. The molecular formula is C11H13N5O. The zero-order valence-corrected chi connectivity index (χ0v) is 9.42. The average Bonchev–Trinajstić information content (AvgIpc) is 2.95. The maximum atomic E-state index is 11.5. The van der Waals surface area contributed by atoms with Gasteiger partial charge in [0, 0.05) is 25.5 Å². The zero-order chi connectivity index (χ0) is 12.1. The third-order valence-electron chi connectivity index (χ3n) is 2.28. The van der Waals surface area contributed by atoms with Crippen molar-refractivity contribution in [1.29, 1.82) is 0 Å². The molecule has 0 atom stereocenters. The maximum Gasteiger partial charge on any atom is 0.244 e. The second-order valence-corrected chi connectivity index (χ2v) is 3.51. The minimum Gasteiger partial charge on any atom is -0.347 e. The van der Waals surface area contributed by atoms with Gasteiger partial charge in [-0.25, -0.2) is 0 Å². The number of H-pyrrole nitrogens is 1. The number of hydrogen-bond acceptors (Lipinski definition) is 3. The third-order valence-corrected chi connectivity index (χ3v) is 2.28. The van der Waals surface area contributed by atoms with Gasteiger partial charge in [0.25, 0.3) is 0 Å². The summed E-state index contributed by atoms with van der Waals surface area (Å²) in [5, 5.41) is 13.3. The second-order valence-electron chi connectivity index (χ2n) is 3.51. The Morgan fingerprint density at radius 1 is 1.53 bits per heavy atom. The molecule has 1 amide bonds. The van der Waals surface area contributed by atoms with E-state index in [2.05, 4.69) is 20.6 Å².